The van der Waals surface area contributed by atoms with Crippen molar-refractivity contribution < 1.29 is 9.90 Å². The van der Waals surface area contributed by atoms with Crippen LogP contribution in [0.5, 0.6) is 0 Å². The van der Waals surface area contributed by atoms with E-state index in [9.17, 15) is 4.79 Å². The molecule has 92 valence electrons. The molecule has 2 rings (SSSR count). The summed E-state index contributed by atoms with van der Waals surface area (Å²) in [6.45, 7) is 2.72. The van der Waals surface area contributed by atoms with Crippen LogP contribution in [0, 0.1) is 6.92 Å². The zero-order chi connectivity index (χ0) is 12.3. The van der Waals surface area contributed by atoms with Crippen LogP contribution in [-0.2, 0) is 0 Å². The van der Waals surface area contributed by atoms with E-state index in [-0.39, 0.29) is 6.61 Å². The normalized spacial score (nSPS) is 15.4. The van der Waals surface area contributed by atoms with Gasteiger partial charge in [0.2, 0.25) is 0 Å². The number of aliphatic hydroxyl groups excluding tert-OH is 1. The summed E-state index contributed by atoms with van der Waals surface area (Å²) >= 11 is 0. The molecule has 0 aliphatic heterocycles. The van der Waals surface area contributed by atoms with Crippen molar-refractivity contribution in [3.8, 4) is 0 Å². The van der Waals surface area contributed by atoms with E-state index in [1.54, 1.807) is 0 Å². The second kappa shape index (κ2) is 5.32. The number of anilines is 1. The summed E-state index contributed by atoms with van der Waals surface area (Å²) in [5.41, 5.74) is 2.78. The van der Waals surface area contributed by atoms with Gasteiger partial charge in [-0.3, -0.25) is 4.79 Å². The third-order valence-electron chi connectivity index (χ3n) is 3.48. The predicted molar refractivity (Wildman–Crippen MR) is 68.6 cm³/mol. The Kier molecular flexibility index (Phi) is 3.79. The highest BCUT2D eigenvalue weighted by atomic mass is 16.3. The SMILES string of the molecule is Cc1ccc(N(CCO)C2CCC2)c(C=O)c1. The van der Waals surface area contributed by atoms with Crippen molar-refractivity contribution in [1.82, 2.24) is 0 Å². The second-order valence-corrected chi connectivity index (χ2v) is 4.68. The van der Waals surface area contributed by atoms with Crippen molar-refractivity contribution >= 4 is 12.0 Å². The van der Waals surface area contributed by atoms with E-state index in [1.165, 1.54) is 6.42 Å². The molecule has 1 saturated carbocycles. The molecule has 3 nitrogen and oxygen atoms in total. The lowest BCUT2D eigenvalue weighted by atomic mass is 9.90. The third kappa shape index (κ3) is 2.50. The standard InChI is InChI=1S/C14H19NO2/c1-11-5-6-14(12(9-11)10-17)15(7-8-16)13-3-2-4-13/h5-6,9-10,13,16H,2-4,7-8H2,1H3. The number of hydrogen-bond donors (Lipinski definition) is 1. The van der Waals surface area contributed by atoms with Gasteiger partial charge >= 0.3 is 0 Å². The molecule has 3 heteroatoms. The Balaban J connectivity index is 2.30. The maximum Gasteiger partial charge on any atom is 0.152 e. The fourth-order valence-electron chi connectivity index (χ4n) is 2.34. The largest absolute Gasteiger partial charge is 0.395 e. The molecule has 0 aromatic heterocycles. The van der Waals surface area contributed by atoms with E-state index in [2.05, 4.69) is 4.90 Å². The van der Waals surface area contributed by atoms with Crippen molar-refractivity contribution in [1.29, 1.82) is 0 Å². The minimum Gasteiger partial charge on any atom is -0.395 e. The molecule has 0 atom stereocenters. The van der Waals surface area contributed by atoms with Gasteiger partial charge in [0.05, 0.1) is 6.61 Å². The summed E-state index contributed by atoms with van der Waals surface area (Å²) in [6.07, 6.45) is 4.47. The lowest BCUT2D eigenvalue weighted by Crippen LogP contribution is -2.42. The minimum atomic E-state index is 0.128. The Hall–Kier alpha value is -1.35. The number of carbonyl (C=O) groups is 1. The van der Waals surface area contributed by atoms with Gasteiger partial charge < -0.3 is 10.0 Å². The molecule has 0 spiro atoms. The second-order valence-electron chi connectivity index (χ2n) is 4.68. The number of hydrogen-bond acceptors (Lipinski definition) is 3. The number of rotatable bonds is 5. The van der Waals surface area contributed by atoms with E-state index in [4.69, 9.17) is 5.11 Å². The quantitative estimate of drug-likeness (QED) is 0.792. The number of aldehydes is 1. The first-order valence-corrected chi connectivity index (χ1v) is 6.19. The van der Waals surface area contributed by atoms with Crippen molar-refractivity contribution in [2.45, 2.75) is 32.2 Å². The summed E-state index contributed by atoms with van der Waals surface area (Å²) in [6, 6.07) is 6.41. The molecule has 1 aromatic carbocycles. The molecule has 1 fully saturated rings. The lowest BCUT2D eigenvalue weighted by Gasteiger charge is -2.39. The van der Waals surface area contributed by atoms with Gasteiger partial charge in [-0.05, 0) is 38.3 Å². The monoisotopic (exact) mass is 233 g/mol. The maximum atomic E-state index is 11.1. The van der Waals surface area contributed by atoms with Crippen LogP contribution in [-0.4, -0.2) is 30.6 Å². The Labute approximate surface area is 102 Å². The molecule has 0 saturated heterocycles. The van der Waals surface area contributed by atoms with Gasteiger partial charge in [-0.2, -0.15) is 0 Å². The van der Waals surface area contributed by atoms with Gasteiger partial charge in [0.15, 0.2) is 6.29 Å². The van der Waals surface area contributed by atoms with E-state index >= 15 is 0 Å². The van der Waals surface area contributed by atoms with Crippen LogP contribution < -0.4 is 4.90 Å². The highest BCUT2D eigenvalue weighted by Crippen LogP contribution is 2.31. The van der Waals surface area contributed by atoms with Gasteiger partial charge in [0.1, 0.15) is 0 Å². The molecule has 1 aliphatic rings. The number of nitrogens with zero attached hydrogens (tertiary/aromatic N) is 1. The van der Waals surface area contributed by atoms with Crippen LogP contribution in [0.4, 0.5) is 5.69 Å². The molecule has 1 N–H and O–H groups in total. The molecule has 0 amide bonds. The first-order chi connectivity index (χ1) is 8.26. The topological polar surface area (TPSA) is 40.5 Å². The molecule has 1 aliphatic carbocycles. The minimum absolute atomic E-state index is 0.128. The van der Waals surface area contributed by atoms with Crippen LogP contribution in [0.3, 0.4) is 0 Å². The maximum absolute atomic E-state index is 11.1. The Morgan fingerprint density at radius 3 is 2.76 bits per heavy atom. The zero-order valence-electron chi connectivity index (χ0n) is 10.2. The fraction of sp³-hybridized carbons (Fsp3) is 0.500. The van der Waals surface area contributed by atoms with E-state index < -0.39 is 0 Å². The molecule has 0 heterocycles. The van der Waals surface area contributed by atoms with Crippen LogP contribution in [0.15, 0.2) is 18.2 Å². The summed E-state index contributed by atoms with van der Waals surface area (Å²) in [7, 11) is 0. The van der Waals surface area contributed by atoms with Crippen molar-refractivity contribution in [2.75, 3.05) is 18.1 Å². The van der Waals surface area contributed by atoms with Crippen LogP contribution in [0.25, 0.3) is 0 Å². The number of aryl methyl sites for hydroxylation is 1. The average molecular weight is 233 g/mol. The van der Waals surface area contributed by atoms with Crippen molar-refractivity contribution in [3.63, 3.8) is 0 Å². The summed E-state index contributed by atoms with van der Waals surface area (Å²) in [5, 5.41) is 9.15. The fourth-order valence-corrected chi connectivity index (χ4v) is 2.34. The van der Waals surface area contributed by atoms with Crippen molar-refractivity contribution in [2.24, 2.45) is 0 Å². The summed E-state index contributed by atoms with van der Waals surface area (Å²) in [5.74, 6) is 0. The highest BCUT2D eigenvalue weighted by Gasteiger charge is 2.26. The van der Waals surface area contributed by atoms with Gasteiger partial charge in [-0.1, -0.05) is 11.6 Å². The number of carbonyl (C=O) groups excluding carboxylic acids is 1. The summed E-state index contributed by atoms with van der Waals surface area (Å²) < 4.78 is 0. The van der Waals surface area contributed by atoms with Crippen LogP contribution in [0.2, 0.25) is 0 Å². The first kappa shape index (κ1) is 12.1. The molecule has 1 aromatic rings. The van der Waals surface area contributed by atoms with Crippen LogP contribution >= 0.6 is 0 Å². The number of benzene rings is 1. The van der Waals surface area contributed by atoms with E-state index in [1.807, 2.05) is 25.1 Å². The zero-order valence-corrected chi connectivity index (χ0v) is 10.2. The molecule has 0 bridgehead atoms. The molecular formula is C14H19NO2. The van der Waals surface area contributed by atoms with Gasteiger partial charge in [-0.15, -0.1) is 0 Å². The molecule has 0 unspecified atom stereocenters. The molecule has 17 heavy (non-hydrogen) atoms. The molecular weight excluding hydrogens is 214 g/mol. The third-order valence-corrected chi connectivity index (χ3v) is 3.48. The Morgan fingerprint density at radius 1 is 1.47 bits per heavy atom. The smallest absolute Gasteiger partial charge is 0.152 e. The first-order valence-electron chi connectivity index (χ1n) is 6.19. The highest BCUT2D eigenvalue weighted by molar-refractivity contribution is 5.85. The average Bonchev–Trinajstić information content (AvgIpc) is 2.26. The summed E-state index contributed by atoms with van der Waals surface area (Å²) in [4.78, 5) is 13.3. The van der Waals surface area contributed by atoms with E-state index in [0.717, 1.165) is 35.9 Å². The Bertz CT molecular complexity index is 399. The molecule has 0 radical (unpaired) electrons. The van der Waals surface area contributed by atoms with Gasteiger partial charge in [0.25, 0.3) is 0 Å². The number of aliphatic hydroxyl groups is 1. The van der Waals surface area contributed by atoms with E-state index in [0.29, 0.717) is 12.6 Å². The lowest BCUT2D eigenvalue weighted by molar-refractivity contribution is 0.112. The van der Waals surface area contributed by atoms with Gasteiger partial charge in [-0.25, -0.2) is 0 Å². The van der Waals surface area contributed by atoms with Crippen molar-refractivity contribution in [3.05, 3.63) is 29.3 Å². The van der Waals surface area contributed by atoms with Crippen LogP contribution in [0.1, 0.15) is 35.2 Å². The predicted octanol–water partition coefficient (Wildman–Crippen LogP) is 2.16. The van der Waals surface area contributed by atoms with Gasteiger partial charge in [0, 0.05) is 23.8 Å². The Morgan fingerprint density at radius 2 is 2.24 bits per heavy atom.